The van der Waals surface area contributed by atoms with E-state index < -0.39 is 0 Å². The van der Waals surface area contributed by atoms with E-state index in [9.17, 15) is 0 Å². The van der Waals surface area contributed by atoms with Gasteiger partial charge in [0.25, 0.3) is 0 Å². The highest BCUT2D eigenvalue weighted by Gasteiger charge is 2.33. The van der Waals surface area contributed by atoms with Crippen LogP contribution in [0.25, 0.3) is 0 Å². The second-order valence-corrected chi connectivity index (χ2v) is 4.49. The molecule has 1 unspecified atom stereocenters. The minimum atomic E-state index is -0.188. The summed E-state index contributed by atoms with van der Waals surface area (Å²) in [6, 6.07) is 4.26. The molecule has 2 heteroatoms. The van der Waals surface area contributed by atoms with Gasteiger partial charge in [0.2, 0.25) is 0 Å². The standard InChI is InChI=1S/C13H19NO/c1-4-13(14)7-8-15-12-10(3)9(2)5-6-11(12)13/h5-6H,4,7-8,14H2,1-3H3. The van der Waals surface area contributed by atoms with Crippen molar-refractivity contribution in [2.45, 2.75) is 39.2 Å². The van der Waals surface area contributed by atoms with E-state index in [1.54, 1.807) is 0 Å². The molecule has 2 nitrogen and oxygen atoms in total. The van der Waals surface area contributed by atoms with Crippen molar-refractivity contribution >= 4 is 0 Å². The number of fused-ring (bicyclic) bond motifs is 1. The Morgan fingerprint density at radius 1 is 1.40 bits per heavy atom. The third-order valence-electron chi connectivity index (χ3n) is 3.64. The van der Waals surface area contributed by atoms with Crippen molar-refractivity contribution < 1.29 is 4.74 Å². The molecule has 0 saturated carbocycles. The first-order valence-electron chi connectivity index (χ1n) is 5.61. The zero-order valence-corrected chi connectivity index (χ0v) is 9.76. The highest BCUT2D eigenvalue weighted by Crippen LogP contribution is 2.40. The molecule has 0 amide bonds. The zero-order valence-electron chi connectivity index (χ0n) is 9.76. The molecule has 0 aliphatic carbocycles. The SMILES string of the molecule is CCC1(N)CCOc2c1ccc(C)c2C. The van der Waals surface area contributed by atoms with Crippen LogP contribution in [0.2, 0.25) is 0 Å². The van der Waals surface area contributed by atoms with Gasteiger partial charge < -0.3 is 10.5 Å². The van der Waals surface area contributed by atoms with E-state index in [-0.39, 0.29) is 5.54 Å². The molecule has 1 aliphatic heterocycles. The molecule has 0 saturated heterocycles. The average Bonchev–Trinajstić information content (AvgIpc) is 2.24. The van der Waals surface area contributed by atoms with Gasteiger partial charge in [-0.05, 0) is 31.4 Å². The summed E-state index contributed by atoms with van der Waals surface area (Å²) in [7, 11) is 0. The average molecular weight is 205 g/mol. The van der Waals surface area contributed by atoms with E-state index in [1.165, 1.54) is 16.7 Å². The van der Waals surface area contributed by atoms with Gasteiger partial charge in [-0.1, -0.05) is 19.1 Å². The van der Waals surface area contributed by atoms with Gasteiger partial charge in [0.1, 0.15) is 5.75 Å². The Hall–Kier alpha value is -1.02. The molecular weight excluding hydrogens is 186 g/mol. The van der Waals surface area contributed by atoms with Crippen LogP contribution in [0.5, 0.6) is 5.75 Å². The molecule has 1 aliphatic rings. The fourth-order valence-electron chi connectivity index (χ4n) is 2.21. The summed E-state index contributed by atoms with van der Waals surface area (Å²) in [5, 5.41) is 0. The maximum atomic E-state index is 6.41. The first kappa shape index (κ1) is 10.5. The smallest absolute Gasteiger partial charge is 0.127 e. The molecule has 1 aromatic rings. The van der Waals surface area contributed by atoms with Crippen LogP contribution < -0.4 is 10.5 Å². The molecule has 0 spiro atoms. The van der Waals surface area contributed by atoms with E-state index in [0.717, 1.165) is 25.2 Å². The molecule has 0 fully saturated rings. The van der Waals surface area contributed by atoms with Gasteiger partial charge in [-0.2, -0.15) is 0 Å². The topological polar surface area (TPSA) is 35.2 Å². The van der Waals surface area contributed by atoms with Gasteiger partial charge >= 0.3 is 0 Å². The van der Waals surface area contributed by atoms with Gasteiger partial charge in [0.15, 0.2) is 0 Å². The Morgan fingerprint density at radius 2 is 2.13 bits per heavy atom. The molecule has 0 aromatic heterocycles. The molecular formula is C13H19NO. The van der Waals surface area contributed by atoms with Crippen molar-refractivity contribution in [3.8, 4) is 5.75 Å². The molecule has 82 valence electrons. The van der Waals surface area contributed by atoms with E-state index in [1.807, 2.05) is 0 Å². The first-order chi connectivity index (χ1) is 7.08. The second kappa shape index (κ2) is 3.53. The molecule has 0 radical (unpaired) electrons. The summed E-state index contributed by atoms with van der Waals surface area (Å²) < 4.78 is 5.75. The number of rotatable bonds is 1. The van der Waals surface area contributed by atoms with Crippen molar-refractivity contribution in [2.24, 2.45) is 5.73 Å². The Balaban J connectivity index is 2.59. The van der Waals surface area contributed by atoms with Crippen molar-refractivity contribution in [1.82, 2.24) is 0 Å². The lowest BCUT2D eigenvalue weighted by Gasteiger charge is -2.35. The lowest BCUT2D eigenvalue weighted by atomic mass is 9.82. The van der Waals surface area contributed by atoms with Crippen molar-refractivity contribution in [1.29, 1.82) is 0 Å². The van der Waals surface area contributed by atoms with E-state index in [2.05, 4.69) is 32.9 Å². The summed E-state index contributed by atoms with van der Waals surface area (Å²) in [6.45, 7) is 7.10. The summed E-state index contributed by atoms with van der Waals surface area (Å²) in [4.78, 5) is 0. The van der Waals surface area contributed by atoms with Crippen LogP contribution in [0, 0.1) is 13.8 Å². The number of hydrogen-bond donors (Lipinski definition) is 1. The third kappa shape index (κ3) is 1.53. The van der Waals surface area contributed by atoms with E-state index in [4.69, 9.17) is 10.5 Å². The third-order valence-corrected chi connectivity index (χ3v) is 3.64. The number of ether oxygens (including phenoxy) is 1. The van der Waals surface area contributed by atoms with Crippen LogP contribution in [0.4, 0.5) is 0 Å². The van der Waals surface area contributed by atoms with Crippen LogP contribution in [0.3, 0.4) is 0 Å². The van der Waals surface area contributed by atoms with Gasteiger partial charge in [-0.3, -0.25) is 0 Å². The lowest BCUT2D eigenvalue weighted by Crippen LogP contribution is -2.41. The fourth-order valence-corrected chi connectivity index (χ4v) is 2.21. The van der Waals surface area contributed by atoms with E-state index >= 15 is 0 Å². The Kier molecular flexibility index (Phi) is 2.47. The maximum absolute atomic E-state index is 6.41. The summed E-state index contributed by atoms with van der Waals surface area (Å²) in [6.07, 6.45) is 1.88. The summed E-state index contributed by atoms with van der Waals surface area (Å²) in [5.41, 5.74) is 9.90. The predicted molar refractivity (Wildman–Crippen MR) is 62.2 cm³/mol. The van der Waals surface area contributed by atoms with Crippen LogP contribution in [0.1, 0.15) is 36.5 Å². The number of nitrogens with two attached hydrogens (primary N) is 1. The number of benzene rings is 1. The molecule has 2 N–H and O–H groups in total. The van der Waals surface area contributed by atoms with Gasteiger partial charge in [-0.25, -0.2) is 0 Å². The van der Waals surface area contributed by atoms with Crippen LogP contribution in [-0.2, 0) is 5.54 Å². The van der Waals surface area contributed by atoms with Gasteiger partial charge in [0.05, 0.1) is 6.61 Å². The summed E-state index contributed by atoms with van der Waals surface area (Å²) >= 11 is 0. The van der Waals surface area contributed by atoms with Crippen LogP contribution in [-0.4, -0.2) is 6.61 Å². The Bertz CT molecular complexity index is 386. The second-order valence-electron chi connectivity index (χ2n) is 4.49. The predicted octanol–water partition coefficient (Wildman–Crippen LogP) is 2.65. The largest absolute Gasteiger partial charge is 0.493 e. The summed E-state index contributed by atoms with van der Waals surface area (Å²) in [5.74, 6) is 1.02. The highest BCUT2D eigenvalue weighted by molar-refractivity contribution is 5.49. The van der Waals surface area contributed by atoms with Gasteiger partial charge in [0, 0.05) is 17.5 Å². The molecule has 2 rings (SSSR count). The minimum absolute atomic E-state index is 0.188. The van der Waals surface area contributed by atoms with Crippen LogP contribution in [0.15, 0.2) is 12.1 Å². The normalized spacial score (nSPS) is 24.5. The fraction of sp³-hybridized carbons (Fsp3) is 0.538. The first-order valence-corrected chi connectivity index (χ1v) is 5.61. The van der Waals surface area contributed by atoms with Crippen molar-refractivity contribution in [2.75, 3.05) is 6.61 Å². The van der Waals surface area contributed by atoms with Gasteiger partial charge in [-0.15, -0.1) is 0 Å². The monoisotopic (exact) mass is 205 g/mol. The van der Waals surface area contributed by atoms with E-state index in [0.29, 0.717) is 0 Å². The number of aryl methyl sites for hydroxylation is 1. The molecule has 1 atom stereocenters. The Morgan fingerprint density at radius 3 is 2.80 bits per heavy atom. The molecule has 0 bridgehead atoms. The lowest BCUT2D eigenvalue weighted by molar-refractivity contribution is 0.211. The Labute approximate surface area is 91.4 Å². The van der Waals surface area contributed by atoms with Crippen LogP contribution >= 0.6 is 0 Å². The molecule has 15 heavy (non-hydrogen) atoms. The van der Waals surface area contributed by atoms with Crippen molar-refractivity contribution in [3.63, 3.8) is 0 Å². The quantitative estimate of drug-likeness (QED) is 0.765. The molecule has 1 aromatic carbocycles. The maximum Gasteiger partial charge on any atom is 0.127 e. The number of hydrogen-bond acceptors (Lipinski definition) is 2. The highest BCUT2D eigenvalue weighted by atomic mass is 16.5. The van der Waals surface area contributed by atoms with Crippen molar-refractivity contribution in [3.05, 3.63) is 28.8 Å². The minimum Gasteiger partial charge on any atom is -0.493 e. The zero-order chi connectivity index (χ0) is 11.1. The molecule has 1 heterocycles.